The van der Waals surface area contributed by atoms with Crippen LogP contribution < -0.4 is 15.8 Å². The van der Waals surface area contributed by atoms with Crippen molar-refractivity contribution in [2.24, 2.45) is 11.7 Å². The minimum absolute atomic E-state index is 0.00308. The first-order valence-electron chi connectivity index (χ1n) is 16.4. The smallest absolute Gasteiger partial charge is 0.254 e. The van der Waals surface area contributed by atoms with Crippen molar-refractivity contribution in [1.29, 1.82) is 0 Å². The largest absolute Gasteiger partial charge is 0.482 e. The summed E-state index contributed by atoms with van der Waals surface area (Å²) in [6.07, 6.45) is 5.63. The molecule has 2 saturated heterocycles. The quantitative estimate of drug-likeness (QED) is 0.283. The van der Waals surface area contributed by atoms with Gasteiger partial charge < -0.3 is 25.3 Å². The number of amides is 2. The molecule has 4 aromatic rings. The lowest BCUT2D eigenvalue weighted by molar-refractivity contribution is -0.122. The van der Waals surface area contributed by atoms with E-state index in [-0.39, 0.29) is 41.4 Å². The summed E-state index contributed by atoms with van der Waals surface area (Å²) in [5.41, 5.74) is 11.9. The molecule has 45 heavy (non-hydrogen) atoms. The molecular weight excluding hydrogens is 566 g/mol. The average molecular weight is 612 g/mol. The molecule has 10 nitrogen and oxygen atoms in total. The lowest BCUT2D eigenvalue weighted by atomic mass is 9.97. The van der Waals surface area contributed by atoms with E-state index < -0.39 is 0 Å². The van der Waals surface area contributed by atoms with Gasteiger partial charge in [-0.1, -0.05) is 6.92 Å². The summed E-state index contributed by atoms with van der Waals surface area (Å²) in [6, 6.07) is 10.4. The molecule has 2 amide bonds. The highest BCUT2D eigenvalue weighted by Crippen LogP contribution is 2.40. The summed E-state index contributed by atoms with van der Waals surface area (Å²) in [5.74, 6) is 1.19. The number of methoxy groups -OCH3 is 1. The van der Waals surface area contributed by atoms with Crippen molar-refractivity contribution in [3.8, 4) is 17.3 Å². The number of hydrogen-bond donors (Lipinski definition) is 2. The second-order valence-corrected chi connectivity index (χ2v) is 14.6. The van der Waals surface area contributed by atoms with Gasteiger partial charge in [0.15, 0.2) is 5.88 Å². The number of ether oxygens (including phenoxy) is 1. The monoisotopic (exact) mass is 611 g/mol. The molecule has 0 spiro atoms. The molecule has 4 aromatic heterocycles. The Morgan fingerprint density at radius 1 is 1.11 bits per heavy atom. The van der Waals surface area contributed by atoms with E-state index >= 15 is 0 Å². The third-order valence-corrected chi connectivity index (χ3v) is 9.85. The van der Waals surface area contributed by atoms with Crippen molar-refractivity contribution in [2.75, 3.05) is 7.11 Å². The molecule has 1 aliphatic carbocycles. The Morgan fingerprint density at radius 2 is 1.89 bits per heavy atom. The molecule has 1 saturated carbocycles. The average Bonchev–Trinajstić information content (AvgIpc) is 3.30. The number of nitrogens with one attached hydrogen (secondary N) is 1. The number of carbonyl (C=O) groups is 2. The van der Waals surface area contributed by atoms with E-state index in [0.29, 0.717) is 29.4 Å². The van der Waals surface area contributed by atoms with Gasteiger partial charge in [-0.05, 0) is 90.0 Å². The maximum atomic E-state index is 13.8. The fraction of sp³-hybridized carbons (Fsp3) is 0.543. The Morgan fingerprint density at radius 3 is 2.53 bits per heavy atom. The molecular formula is C35H45N7O3. The van der Waals surface area contributed by atoms with Crippen LogP contribution in [0.1, 0.15) is 93.9 Å². The van der Waals surface area contributed by atoms with Gasteiger partial charge in [0, 0.05) is 65.3 Å². The molecule has 4 atom stereocenters. The number of carbonyl (C=O) groups excluding carboxylic acids is 2. The third kappa shape index (κ3) is 5.37. The Bertz CT molecular complexity index is 1810. The zero-order chi connectivity index (χ0) is 31.8. The zero-order valence-electron chi connectivity index (χ0n) is 27.3. The second kappa shape index (κ2) is 10.9. The maximum absolute atomic E-state index is 13.8. The summed E-state index contributed by atoms with van der Waals surface area (Å²) in [4.78, 5) is 38.7. The van der Waals surface area contributed by atoms with Crippen molar-refractivity contribution in [3.63, 3.8) is 0 Å². The third-order valence-electron chi connectivity index (χ3n) is 9.85. The fourth-order valence-electron chi connectivity index (χ4n) is 7.50. The molecule has 3 fully saturated rings. The van der Waals surface area contributed by atoms with Crippen LogP contribution in [0.4, 0.5) is 0 Å². The number of fused-ring (bicyclic) bond motifs is 4. The minimum atomic E-state index is -0.272. The van der Waals surface area contributed by atoms with E-state index in [9.17, 15) is 9.59 Å². The fourth-order valence-corrected chi connectivity index (χ4v) is 7.50. The van der Waals surface area contributed by atoms with Crippen LogP contribution in [0.15, 0.2) is 30.3 Å². The lowest BCUT2D eigenvalue weighted by Gasteiger charge is -2.23. The van der Waals surface area contributed by atoms with Crippen molar-refractivity contribution in [1.82, 2.24) is 29.2 Å². The molecule has 1 unspecified atom stereocenters. The van der Waals surface area contributed by atoms with Crippen LogP contribution in [0.5, 0.6) is 5.88 Å². The number of rotatable bonds is 8. The highest BCUT2D eigenvalue weighted by atomic mass is 16.5. The number of nitrogens with two attached hydrogens (primary N) is 1. The number of imidazole rings is 1. The van der Waals surface area contributed by atoms with Crippen molar-refractivity contribution < 1.29 is 14.3 Å². The first-order valence-corrected chi connectivity index (χ1v) is 16.4. The molecule has 2 bridgehead atoms. The van der Waals surface area contributed by atoms with Gasteiger partial charge >= 0.3 is 0 Å². The maximum Gasteiger partial charge on any atom is 0.254 e. The van der Waals surface area contributed by atoms with E-state index in [0.717, 1.165) is 59.6 Å². The van der Waals surface area contributed by atoms with Gasteiger partial charge in [-0.2, -0.15) is 0 Å². The van der Waals surface area contributed by atoms with Crippen LogP contribution in [0.25, 0.3) is 28.1 Å². The van der Waals surface area contributed by atoms with Gasteiger partial charge in [0.25, 0.3) is 5.91 Å². The van der Waals surface area contributed by atoms with Crippen LogP contribution in [0.3, 0.4) is 0 Å². The van der Waals surface area contributed by atoms with Crippen molar-refractivity contribution in [2.45, 2.75) is 109 Å². The van der Waals surface area contributed by atoms with Gasteiger partial charge in [0.1, 0.15) is 17.0 Å². The molecule has 7 rings (SSSR count). The van der Waals surface area contributed by atoms with Gasteiger partial charge in [0.05, 0.1) is 18.5 Å². The minimum Gasteiger partial charge on any atom is -0.482 e. The van der Waals surface area contributed by atoms with Gasteiger partial charge in [-0.15, -0.1) is 0 Å². The summed E-state index contributed by atoms with van der Waals surface area (Å²) in [6.45, 7) is 11.0. The second-order valence-electron chi connectivity index (χ2n) is 14.6. The topological polar surface area (TPSA) is 120 Å². The molecule has 3 N–H and O–H groups in total. The molecule has 0 aromatic carbocycles. The first kappa shape index (κ1) is 29.8. The summed E-state index contributed by atoms with van der Waals surface area (Å²) in [5, 5.41) is 4.11. The summed E-state index contributed by atoms with van der Waals surface area (Å²) < 4.78 is 10.1. The molecule has 3 aliphatic rings. The van der Waals surface area contributed by atoms with E-state index in [1.54, 1.807) is 7.11 Å². The van der Waals surface area contributed by atoms with Crippen molar-refractivity contribution >= 4 is 28.5 Å². The Labute approximate surface area is 264 Å². The van der Waals surface area contributed by atoms with Crippen LogP contribution in [0, 0.1) is 12.8 Å². The van der Waals surface area contributed by atoms with Crippen LogP contribution in [-0.2, 0) is 11.3 Å². The Kier molecular flexibility index (Phi) is 7.18. The zero-order valence-corrected chi connectivity index (χ0v) is 27.3. The lowest BCUT2D eigenvalue weighted by Crippen LogP contribution is -2.41. The van der Waals surface area contributed by atoms with Gasteiger partial charge in [-0.3, -0.25) is 14.0 Å². The number of hydrogen-bond acceptors (Lipinski definition) is 6. The SMILES string of the molecule is COc1cc(C(=O)N2[C@H]3CC[C@@H]2[C@H](N)C3)cc2nc(-c3cc4ccc(C(C)CC(=O)NC(C)(C)C)nc4n3CC3CC3)c(C)n12. The van der Waals surface area contributed by atoms with E-state index in [1.807, 2.05) is 55.2 Å². The predicted molar refractivity (Wildman–Crippen MR) is 174 cm³/mol. The molecule has 6 heterocycles. The molecule has 0 radical (unpaired) electrons. The number of nitrogens with zero attached hydrogens (tertiary/aromatic N) is 5. The number of aromatic nitrogens is 4. The normalized spacial score (nSPS) is 22.0. The standard InChI is InChI=1S/C35H45N7O3/c1-19(13-30(43)39-35(3,4)5)26-11-9-22-14-28(40(33(22)37-26)18-21-7-8-21)32-20(2)41-29(38-32)15-23(16-31(41)45-6)34(44)42-24-10-12-27(42)25(36)17-24/h9,11,14-16,19,21,24-25,27H,7-8,10,12-13,17-18,36H2,1-6H3,(H,39,43)/t19?,24-,25+,27+/m0/s1. The molecule has 238 valence electrons. The van der Waals surface area contributed by atoms with Crippen LogP contribution in [-0.4, -0.2) is 66.4 Å². The van der Waals surface area contributed by atoms with Crippen LogP contribution >= 0.6 is 0 Å². The number of pyridine rings is 2. The van der Waals surface area contributed by atoms with Crippen molar-refractivity contribution in [3.05, 3.63) is 47.3 Å². The van der Waals surface area contributed by atoms with E-state index in [1.165, 1.54) is 12.8 Å². The van der Waals surface area contributed by atoms with E-state index in [4.69, 9.17) is 20.4 Å². The highest BCUT2D eigenvalue weighted by molar-refractivity contribution is 5.97. The summed E-state index contributed by atoms with van der Waals surface area (Å²) >= 11 is 0. The Balaban J connectivity index is 1.27. The Hall–Kier alpha value is -3.92. The number of aryl methyl sites for hydroxylation is 1. The molecule has 10 heteroatoms. The van der Waals surface area contributed by atoms with E-state index in [2.05, 4.69) is 28.9 Å². The summed E-state index contributed by atoms with van der Waals surface area (Å²) in [7, 11) is 1.63. The molecule has 2 aliphatic heterocycles. The first-order chi connectivity index (χ1) is 21.4. The predicted octanol–water partition coefficient (Wildman–Crippen LogP) is 5.19. The van der Waals surface area contributed by atoms with Gasteiger partial charge in [-0.25, -0.2) is 9.97 Å². The highest BCUT2D eigenvalue weighted by Gasteiger charge is 2.47. The van der Waals surface area contributed by atoms with Crippen LogP contribution in [0.2, 0.25) is 0 Å². The van der Waals surface area contributed by atoms with Gasteiger partial charge in [0.2, 0.25) is 5.91 Å².